The van der Waals surface area contributed by atoms with Crippen molar-refractivity contribution in [3.05, 3.63) is 0 Å². The van der Waals surface area contributed by atoms with Crippen LogP contribution in [0.3, 0.4) is 0 Å². The number of amides is 2. The molecule has 0 aliphatic carbocycles. The molecule has 0 aromatic heterocycles. The van der Waals surface area contributed by atoms with Crippen molar-refractivity contribution >= 4 is 18.1 Å². The summed E-state index contributed by atoms with van der Waals surface area (Å²) in [5, 5.41) is 2.42. The number of hydrogen-bond donors (Lipinski definition) is 1. The molecule has 1 fully saturated rings. The molecule has 1 N–H and O–H groups in total. The van der Waals surface area contributed by atoms with Crippen molar-refractivity contribution in [2.45, 2.75) is 25.8 Å². The van der Waals surface area contributed by atoms with E-state index >= 15 is 0 Å². The molecule has 0 aromatic carbocycles. The number of carbonyl (C=O) groups is 3. The van der Waals surface area contributed by atoms with Crippen LogP contribution in [0.1, 0.15) is 19.8 Å². The molecule has 0 aromatic rings. The Kier molecular flexibility index (Phi) is 3.62. The summed E-state index contributed by atoms with van der Waals surface area (Å²) in [6, 6.07) is -0.295. The highest BCUT2D eigenvalue weighted by Crippen LogP contribution is 2.14. The molecular formula is C9H14N2O3. The fourth-order valence-electron chi connectivity index (χ4n) is 1.55. The lowest BCUT2D eigenvalue weighted by molar-refractivity contribution is -0.135. The minimum Gasteiger partial charge on any atom is -0.347 e. The van der Waals surface area contributed by atoms with Crippen molar-refractivity contribution in [1.82, 2.24) is 10.2 Å². The largest absolute Gasteiger partial charge is 0.347 e. The summed E-state index contributed by atoms with van der Waals surface area (Å²) in [4.78, 5) is 34.1. The van der Waals surface area contributed by atoms with Gasteiger partial charge in [-0.25, -0.2) is 0 Å². The van der Waals surface area contributed by atoms with E-state index in [1.54, 1.807) is 0 Å². The minimum atomic E-state index is -0.295. The zero-order valence-corrected chi connectivity index (χ0v) is 8.16. The van der Waals surface area contributed by atoms with Gasteiger partial charge >= 0.3 is 0 Å². The SMILES string of the molecule is CC(=O)NCC(=O)N1CCCC1C=O. The second-order valence-corrected chi connectivity index (χ2v) is 3.34. The summed E-state index contributed by atoms with van der Waals surface area (Å²) >= 11 is 0. The highest BCUT2D eigenvalue weighted by atomic mass is 16.2. The quantitative estimate of drug-likeness (QED) is 0.610. The maximum atomic E-state index is 11.5. The second kappa shape index (κ2) is 4.74. The highest BCUT2D eigenvalue weighted by Gasteiger charge is 2.27. The Morgan fingerprint density at radius 3 is 2.86 bits per heavy atom. The summed E-state index contributed by atoms with van der Waals surface area (Å²) in [6.45, 7) is 1.95. The van der Waals surface area contributed by atoms with Crippen LogP contribution in [0.2, 0.25) is 0 Å². The van der Waals surface area contributed by atoms with Crippen molar-refractivity contribution in [3.8, 4) is 0 Å². The summed E-state index contributed by atoms with van der Waals surface area (Å²) < 4.78 is 0. The smallest absolute Gasteiger partial charge is 0.242 e. The minimum absolute atomic E-state index is 0.0142. The molecule has 5 heteroatoms. The van der Waals surface area contributed by atoms with Gasteiger partial charge in [-0.15, -0.1) is 0 Å². The molecule has 1 heterocycles. The van der Waals surface area contributed by atoms with Crippen molar-refractivity contribution in [2.75, 3.05) is 13.1 Å². The Bertz CT molecular complexity index is 252. The predicted molar refractivity (Wildman–Crippen MR) is 49.5 cm³/mol. The molecule has 2 amide bonds. The second-order valence-electron chi connectivity index (χ2n) is 3.34. The van der Waals surface area contributed by atoms with E-state index in [0.717, 1.165) is 19.1 Å². The number of likely N-dealkylation sites (tertiary alicyclic amines) is 1. The topological polar surface area (TPSA) is 66.5 Å². The first kappa shape index (κ1) is 10.7. The van der Waals surface area contributed by atoms with Crippen molar-refractivity contribution in [3.63, 3.8) is 0 Å². The van der Waals surface area contributed by atoms with E-state index in [2.05, 4.69) is 5.32 Å². The van der Waals surface area contributed by atoms with Crippen LogP contribution < -0.4 is 5.32 Å². The average molecular weight is 198 g/mol. The first-order chi connectivity index (χ1) is 6.65. The van der Waals surface area contributed by atoms with E-state index < -0.39 is 0 Å². The summed E-state index contributed by atoms with van der Waals surface area (Å²) in [6.07, 6.45) is 2.38. The number of nitrogens with zero attached hydrogens (tertiary/aromatic N) is 1. The van der Waals surface area contributed by atoms with E-state index in [1.165, 1.54) is 11.8 Å². The molecule has 1 saturated heterocycles. The van der Waals surface area contributed by atoms with Gasteiger partial charge in [0.25, 0.3) is 0 Å². The number of aldehydes is 1. The molecule has 1 aliphatic rings. The molecule has 78 valence electrons. The zero-order chi connectivity index (χ0) is 10.6. The fourth-order valence-corrected chi connectivity index (χ4v) is 1.55. The van der Waals surface area contributed by atoms with Gasteiger partial charge in [0.2, 0.25) is 11.8 Å². The van der Waals surface area contributed by atoms with Crippen LogP contribution in [0.25, 0.3) is 0 Å². The third-order valence-electron chi connectivity index (χ3n) is 2.27. The molecule has 0 bridgehead atoms. The molecule has 1 rings (SSSR count). The first-order valence-electron chi connectivity index (χ1n) is 4.64. The van der Waals surface area contributed by atoms with Crippen LogP contribution in [-0.4, -0.2) is 42.1 Å². The predicted octanol–water partition coefficient (Wildman–Crippen LogP) is -0.688. The maximum Gasteiger partial charge on any atom is 0.242 e. The van der Waals surface area contributed by atoms with Gasteiger partial charge in [0.15, 0.2) is 0 Å². The Balaban J connectivity index is 2.43. The monoisotopic (exact) mass is 198 g/mol. The Hall–Kier alpha value is -1.39. The van der Waals surface area contributed by atoms with Crippen LogP contribution in [0, 0.1) is 0 Å². The normalized spacial score (nSPS) is 20.6. The Labute approximate surface area is 82.4 Å². The Morgan fingerprint density at radius 1 is 1.57 bits per heavy atom. The molecule has 0 spiro atoms. The fraction of sp³-hybridized carbons (Fsp3) is 0.667. The molecular weight excluding hydrogens is 184 g/mol. The van der Waals surface area contributed by atoms with Crippen molar-refractivity contribution in [1.29, 1.82) is 0 Å². The zero-order valence-electron chi connectivity index (χ0n) is 8.16. The standard InChI is InChI=1S/C9H14N2O3/c1-7(13)10-5-9(14)11-4-2-3-8(11)6-12/h6,8H,2-5H2,1H3,(H,10,13). The highest BCUT2D eigenvalue weighted by molar-refractivity contribution is 5.85. The van der Waals surface area contributed by atoms with E-state index in [0.29, 0.717) is 6.54 Å². The van der Waals surface area contributed by atoms with Crippen LogP contribution >= 0.6 is 0 Å². The van der Waals surface area contributed by atoms with Crippen LogP contribution in [0.15, 0.2) is 0 Å². The van der Waals surface area contributed by atoms with Gasteiger partial charge < -0.3 is 15.0 Å². The third kappa shape index (κ3) is 2.55. The number of hydrogen-bond acceptors (Lipinski definition) is 3. The van der Waals surface area contributed by atoms with Gasteiger partial charge in [0.05, 0.1) is 12.6 Å². The molecule has 1 unspecified atom stereocenters. The molecule has 1 atom stereocenters. The molecule has 14 heavy (non-hydrogen) atoms. The lowest BCUT2D eigenvalue weighted by Crippen LogP contribution is -2.42. The lowest BCUT2D eigenvalue weighted by atomic mass is 10.2. The number of carbonyl (C=O) groups excluding carboxylic acids is 3. The van der Waals surface area contributed by atoms with Gasteiger partial charge in [0, 0.05) is 13.5 Å². The molecule has 0 radical (unpaired) electrons. The van der Waals surface area contributed by atoms with Crippen LogP contribution in [-0.2, 0) is 14.4 Å². The number of nitrogens with one attached hydrogen (secondary N) is 1. The van der Waals surface area contributed by atoms with Gasteiger partial charge in [-0.2, -0.15) is 0 Å². The van der Waals surface area contributed by atoms with E-state index in [9.17, 15) is 14.4 Å². The molecule has 0 saturated carbocycles. The van der Waals surface area contributed by atoms with Crippen LogP contribution in [0.5, 0.6) is 0 Å². The van der Waals surface area contributed by atoms with Crippen molar-refractivity contribution in [2.24, 2.45) is 0 Å². The Morgan fingerprint density at radius 2 is 2.29 bits per heavy atom. The van der Waals surface area contributed by atoms with Gasteiger partial charge in [-0.05, 0) is 12.8 Å². The number of rotatable bonds is 3. The van der Waals surface area contributed by atoms with Gasteiger partial charge in [0.1, 0.15) is 6.29 Å². The van der Waals surface area contributed by atoms with E-state index in [4.69, 9.17) is 0 Å². The lowest BCUT2D eigenvalue weighted by Gasteiger charge is -2.20. The average Bonchev–Trinajstić information content (AvgIpc) is 2.61. The van der Waals surface area contributed by atoms with Crippen molar-refractivity contribution < 1.29 is 14.4 Å². The summed E-state index contributed by atoms with van der Waals surface area (Å²) in [7, 11) is 0. The summed E-state index contributed by atoms with van der Waals surface area (Å²) in [5.74, 6) is -0.421. The van der Waals surface area contributed by atoms with E-state index in [-0.39, 0.29) is 24.4 Å². The van der Waals surface area contributed by atoms with Gasteiger partial charge in [-0.1, -0.05) is 0 Å². The third-order valence-corrected chi connectivity index (χ3v) is 2.27. The molecule has 1 aliphatic heterocycles. The van der Waals surface area contributed by atoms with Crippen LogP contribution in [0.4, 0.5) is 0 Å². The van der Waals surface area contributed by atoms with E-state index in [1.807, 2.05) is 0 Å². The molecule has 5 nitrogen and oxygen atoms in total. The van der Waals surface area contributed by atoms with Gasteiger partial charge in [-0.3, -0.25) is 9.59 Å². The first-order valence-corrected chi connectivity index (χ1v) is 4.64. The summed E-state index contributed by atoms with van der Waals surface area (Å²) in [5.41, 5.74) is 0. The maximum absolute atomic E-state index is 11.5.